The van der Waals surface area contributed by atoms with Crippen LogP contribution in [0.2, 0.25) is 0 Å². The molecular weight excluding hydrogens is 547 g/mol. The molecule has 1 amide bonds. The number of anilines is 1. The summed E-state index contributed by atoms with van der Waals surface area (Å²) in [7, 11) is -5.31. The molecule has 0 saturated heterocycles. The van der Waals surface area contributed by atoms with E-state index in [0.29, 0.717) is 18.6 Å². The lowest BCUT2D eigenvalue weighted by Gasteiger charge is -2.25. The summed E-state index contributed by atoms with van der Waals surface area (Å²) in [6.07, 6.45) is 6.75. The predicted octanol–water partition coefficient (Wildman–Crippen LogP) is 9.39. The van der Waals surface area contributed by atoms with Crippen molar-refractivity contribution >= 4 is 19.2 Å². The second kappa shape index (κ2) is 15.2. The first-order valence-electron chi connectivity index (χ1n) is 14.2. The summed E-state index contributed by atoms with van der Waals surface area (Å²) in [6.45, 7) is 6.01. The number of carbonyl (C=O) groups is 1. The minimum atomic E-state index is -5.31. The minimum Gasteiger partial charge on any atom is -0.494 e. The van der Waals surface area contributed by atoms with E-state index in [2.05, 4.69) is 12.2 Å². The summed E-state index contributed by atoms with van der Waals surface area (Å²) in [4.78, 5) is 22.8. The first-order valence-corrected chi connectivity index (χ1v) is 15.8. The third-order valence-corrected chi connectivity index (χ3v) is 8.44. The molecule has 0 bridgehead atoms. The highest BCUT2D eigenvalue weighted by Gasteiger charge is 2.53. The molecule has 3 aromatic carbocycles. The number of alkyl halides is 2. The molecule has 0 radical (unpaired) electrons. The number of ether oxygens (including phenoxy) is 1. The molecule has 0 aromatic heterocycles. The highest BCUT2D eigenvalue weighted by atomic mass is 31.2. The lowest BCUT2D eigenvalue weighted by Crippen LogP contribution is -2.19. The van der Waals surface area contributed by atoms with Gasteiger partial charge in [-0.05, 0) is 67.3 Å². The van der Waals surface area contributed by atoms with E-state index < -0.39 is 30.8 Å². The fraction of sp³-hybridized carbons (Fsp3) is 0.406. The van der Waals surface area contributed by atoms with Crippen LogP contribution < -0.4 is 10.1 Å². The third-order valence-electron chi connectivity index (χ3n) is 6.82. The Labute approximate surface area is 241 Å². The Balaban J connectivity index is 1.58. The topological polar surface area (TPSA) is 84.9 Å². The zero-order valence-corrected chi connectivity index (χ0v) is 24.8. The van der Waals surface area contributed by atoms with E-state index in [1.165, 1.54) is 51.2 Å². The lowest BCUT2D eigenvalue weighted by atomic mass is 10.0. The second-order valence-electron chi connectivity index (χ2n) is 10.1. The molecule has 3 aromatic rings. The SMILES string of the molecule is CCCCCCCCOc1ccc(-c2ccc(C(=O)Nc3cccc(C(F)(F)P(=O)(O)OC(C)CC)c3)cc2)cc1. The van der Waals surface area contributed by atoms with Gasteiger partial charge in [-0.3, -0.25) is 9.36 Å². The van der Waals surface area contributed by atoms with Gasteiger partial charge in [-0.15, -0.1) is 0 Å². The summed E-state index contributed by atoms with van der Waals surface area (Å²) in [5.41, 5.74) is -2.60. The number of benzene rings is 3. The maximum atomic E-state index is 14.9. The zero-order chi connectivity index (χ0) is 29.9. The summed E-state index contributed by atoms with van der Waals surface area (Å²) in [5, 5.41) is 2.58. The van der Waals surface area contributed by atoms with Crippen LogP contribution in [-0.2, 0) is 14.8 Å². The largest absolute Gasteiger partial charge is 0.494 e. The van der Waals surface area contributed by atoms with Gasteiger partial charge < -0.3 is 19.5 Å². The summed E-state index contributed by atoms with van der Waals surface area (Å²) in [5.74, 6) is 0.314. The lowest BCUT2D eigenvalue weighted by molar-refractivity contribution is 0.0347. The number of hydrogen-bond donors (Lipinski definition) is 2. The van der Waals surface area contributed by atoms with Crippen LogP contribution in [0.1, 0.15) is 81.6 Å². The number of halogens is 2. The Bertz CT molecular complexity index is 1300. The molecular formula is C32H40F2NO5P. The van der Waals surface area contributed by atoms with E-state index >= 15 is 0 Å². The highest BCUT2D eigenvalue weighted by molar-refractivity contribution is 7.53. The van der Waals surface area contributed by atoms with Crippen LogP contribution in [0.4, 0.5) is 14.5 Å². The molecule has 0 saturated carbocycles. The quantitative estimate of drug-likeness (QED) is 0.129. The van der Waals surface area contributed by atoms with Crippen molar-refractivity contribution < 1.29 is 32.3 Å². The van der Waals surface area contributed by atoms with Crippen LogP contribution in [0.3, 0.4) is 0 Å². The van der Waals surface area contributed by atoms with Gasteiger partial charge >= 0.3 is 13.3 Å². The van der Waals surface area contributed by atoms with Crippen LogP contribution in [0.15, 0.2) is 72.8 Å². The Morgan fingerprint density at radius 3 is 2.17 bits per heavy atom. The van der Waals surface area contributed by atoms with Gasteiger partial charge in [0, 0.05) is 16.8 Å². The molecule has 6 nitrogen and oxygen atoms in total. The van der Waals surface area contributed by atoms with Crippen molar-refractivity contribution in [2.24, 2.45) is 0 Å². The van der Waals surface area contributed by atoms with Crippen molar-refractivity contribution in [3.63, 3.8) is 0 Å². The van der Waals surface area contributed by atoms with E-state index in [-0.39, 0.29) is 5.69 Å². The Hall–Kier alpha value is -3.06. The van der Waals surface area contributed by atoms with Crippen LogP contribution in [0.5, 0.6) is 5.75 Å². The predicted molar refractivity (Wildman–Crippen MR) is 160 cm³/mol. The Kier molecular flexibility index (Phi) is 12.1. The van der Waals surface area contributed by atoms with Gasteiger partial charge in [0.15, 0.2) is 0 Å². The fourth-order valence-corrected chi connectivity index (χ4v) is 5.40. The number of carbonyl (C=O) groups excluding carboxylic acids is 1. The van der Waals surface area contributed by atoms with Gasteiger partial charge in [-0.1, -0.05) is 82.3 Å². The maximum Gasteiger partial charge on any atom is 0.402 e. The molecule has 2 N–H and O–H groups in total. The first-order chi connectivity index (χ1) is 19.6. The number of amides is 1. The number of rotatable bonds is 16. The average molecular weight is 588 g/mol. The van der Waals surface area contributed by atoms with Crippen molar-refractivity contribution in [3.05, 3.63) is 83.9 Å². The maximum absolute atomic E-state index is 14.9. The second-order valence-corrected chi connectivity index (χ2v) is 12.0. The third kappa shape index (κ3) is 9.22. The fourth-order valence-electron chi connectivity index (χ4n) is 4.17. The van der Waals surface area contributed by atoms with Crippen molar-refractivity contribution in [2.75, 3.05) is 11.9 Å². The van der Waals surface area contributed by atoms with Gasteiger partial charge in [-0.25, -0.2) is 0 Å². The van der Waals surface area contributed by atoms with Gasteiger partial charge in [0.05, 0.1) is 12.7 Å². The number of unbranched alkanes of at least 4 members (excludes halogenated alkanes) is 5. The van der Waals surface area contributed by atoms with E-state index in [1.54, 1.807) is 31.2 Å². The normalized spacial score (nSPS) is 13.8. The smallest absolute Gasteiger partial charge is 0.402 e. The van der Waals surface area contributed by atoms with Crippen molar-refractivity contribution in [2.45, 2.75) is 77.5 Å². The van der Waals surface area contributed by atoms with Crippen molar-refractivity contribution in [3.8, 4) is 16.9 Å². The molecule has 3 rings (SSSR count). The summed E-state index contributed by atoms with van der Waals surface area (Å²) < 4.78 is 52.7. The molecule has 2 unspecified atom stereocenters. The zero-order valence-electron chi connectivity index (χ0n) is 23.9. The standard InChI is InChI=1S/C32H40F2NO5P/c1-4-6-7-8-9-10-22-39-30-20-18-26(19-21-30)25-14-16-27(17-15-25)31(36)35-29-13-11-12-28(23-29)32(33,34)41(37,38)40-24(3)5-2/h11-21,23-24H,4-10,22H2,1-3H3,(H,35,36)(H,37,38). The van der Waals surface area contributed by atoms with Gasteiger partial charge in [-0.2, -0.15) is 8.78 Å². The molecule has 0 fully saturated rings. The van der Waals surface area contributed by atoms with E-state index in [0.717, 1.165) is 35.4 Å². The summed E-state index contributed by atoms with van der Waals surface area (Å²) >= 11 is 0. The Morgan fingerprint density at radius 2 is 1.54 bits per heavy atom. The van der Waals surface area contributed by atoms with Gasteiger partial charge in [0.2, 0.25) is 0 Å². The average Bonchev–Trinajstić information content (AvgIpc) is 2.97. The Morgan fingerprint density at radius 1 is 0.927 bits per heavy atom. The molecule has 0 aliphatic rings. The molecule has 41 heavy (non-hydrogen) atoms. The van der Waals surface area contributed by atoms with E-state index in [9.17, 15) is 23.0 Å². The highest BCUT2D eigenvalue weighted by Crippen LogP contribution is 2.64. The minimum absolute atomic E-state index is 0.0661. The van der Waals surface area contributed by atoms with Crippen LogP contribution in [-0.4, -0.2) is 23.5 Å². The van der Waals surface area contributed by atoms with Crippen molar-refractivity contribution in [1.82, 2.24) is 0 Å². The molecule has 222 valence electrons. The van der Waals surface area contributed by atoms with Crippen LogP contribution in [0.25, 0.3) is 11.1 Å². The van der Waals surface area contributed by atoms with Crippen LogP contribution in [0, 0.1) is 0 Å². The molecule has 9 heteroatoms. The number of nitrogens with one attached hydrogen (secondary N) is 1. The summed E-state index contributed by atoms with van der Waals surface area (Å²) in [6, 6.07) is 19.4. The monoisotopic (exact) mass is 587 g/mol. The van der Waals surface area contributed by atoms with Gasteiger partial charge in [0.25, 0.3) is 5.91 Å². The number of hydrogen-bond acceptors (Lipinski definition) is 4. The molecule has 0 spiro atoms. The molecule has 0 heterocycles. The molecule has 0 aliphatic carbocycles. The van der Waals surface area contributed by atoms with Gasteiger partial charge in [0.1, 0.15) is 5.75 Å². The molecule has 2 atom stereocenters. The molecule has 0 aliphatic heterocycles. The van der Waals surface area contributed by atoms with E-state index in [4.69, 9.17) is 9.26 Å². The van der Waals surface area contributed by atoms with Crippen molar-refractivity contribution in [1.29, 1.82) is 0 Å². The first kappa shape index (κ1) is 32.5. The van der Waals surface area contributed by atoms with Crippen LogP contribution >= 0.6 is 7.60 Å². The van der Waals surface area contributed by atoms with E-state index in [1.807, 2.05) is 24.3 Å².